The predicted molar refractivity (Wildman–Crippen MR) is 480 cm³/mol. The van der Waals surface area contributed by atoms with E-state index in [1.165, 1.54) is 53.3 Å². The fourth-order valence-corrected chi connectivity index (χ4v) is 12.6. The molecule has 0 spiro atoms. The Morgan fingerprint density at radius 3 is 1.08 bits per heavy atom. The number of fused-ring (bicyclic) bond motifs is 4. The number of ether oxygens (including phenoxy) is 12. The average molecular weight is 1780 g/mol. The lowest BCUT2D eigenvalue weighted by Gasteiger charge is -2.31. The minimum absolute atomic E-state index is 0. The third-order valence-electron chi connectivity index (χ3n) is 19.2. The second-order valence-corrected chi connectivity index (χ2v) is 30.8. The lowest BCUT2D eigenvalue weighted by Crippen LogP contribution is -2.39. The molecule has 15 rings (SSSR count). The van der Waals surface area contributed by atoms with Gasteiger partial charge in [0.15, 0.2) is 0 Å². The fourth-order valence-electron chi connectivity index (χ4n) is 12.5. The molecule has 0 saturated carbocycles. The van der Waals surface area contributed by atoms with Crippen molar-refractivity contribution in [3.05, 3.63) is 285 Å². The summed E-state index contributed by atoms with van der Waals surface area (Å²) in [6, 6.07) is 48.5. The molecular weight excluding hydrogens is 1670 g/mol. The topological polar surface area (TPSA) is 352 Å². The number of aliphatic hydroxyl groups is 1. The highest BCUT2D eigenvalue weighted by atomic mass is 35.5. The number of nitrogens with zero attached hydrogens (tertiary/aromatic N) is 10. The number of pyridine rings is 7. The maximum Gasteiger partial charge on any atom is 0.410 e. The van der Waals surface area contributed by atoms with E-state index in [9.17, 15) is 24.3 Å². The van der Waals surface area contributed by atoms with Gasteiger partial charge in [-0.25, -0.2) is 24.4 Å². The van der Waals surface area contributed by atoms with Gasteiger partial charge in [0.05, 0.1) is 133 Å². The second-order valence-electron chi connectivity index (χ2n) is 30.5. The number of alkyl halides is 1. The Morgan fingerprint density at radius 1 is 0.386 bits per heavy atom. The van der Waals surface area contributed by atoms with E-state index in [0.29, 0.717) is 99.5 Å². The first-order chi connectivity index (χ1) is 60.7. The Labute approximate surface area is 751 Å². The van der Waals surface area contributed by atoms with Gasteiger partial charge in [-0.1, -0.05) is 24.3 Å². The SMILES string of the molecule is CC(C)(C)OC(=O)N1CCc2ccc(O)cc2C1.COc1ccc(C(=O)O)cn1.COc1ccc(CCl)nc1.COc1ccc(CO)nc1.COc1ccc(COc2ccc3c(c2)CN(C(=O)OC(C)(C)C)CC3)nc1.COc1ccc(COc2ccc3c(c2)CN(C(=O)c2ccc(OC)nc2)CC3)nc1.COc1ccc(COc2ccc3c(c2)CNCC3)nc1.Cl. The first-order valence-electron chi connectivity index (χ1n) is 40.5. The van der Waals surface area contributed by atoms with Crippen molar-refractivity contribution in [1.29, 1.82) is 0 Å². The molecule has 0 bridgehead atoms. The van der Waals surface area contributed by atoms with Crippen molar-refractivity contribution in [2.24, 2.45) is 0 Å². The van der Waals surface area contributed by atoms with Crippen LogP contribution in [0.3, 0.4) is 0 Å². The van der Waals surface area contributed by atoms with Crippen LogP contribution in [0.4, 0.5) is 9.59 Å². The van der Waals surface area contributed by atoms with Gasteiger partial charge in [0.2, 0.25) is 11.8 Å². The van der Waals surface area contributed by atoms with E-state index < -0.39 is 17.2 Å². The predicted octanol–water partition coefficient (Wildman–Crippen LogP) is 15.9. The van der Waals surface area contributed by atoms with Crippen LogP contribution in [0.2, 0.25) is 0 Å². The van der Waals surface area contributed by atoms with E-state index in [0.717, 1.165) is 113 Å². The number of phenolic OH excluding ortho intramolecular Hbond substituents is 1. The van der Waals surface area contributed by atoms with E-state index in [1.54, 1.807) is 126 Å². The zero-order valence-electron chi connectivity index (χ0n) is 73.7. The number of hydrogen-bond acceptors (Lipinski definition) is 26. The quantitative estimate of drug-likeness (QED) is 0.0515. The van der Waals surface area contributed by atoms with E-state index in [-0.39, 0.29) is 48.4 Å². The molecule has 4 aromatic carbocycles. The molecule has 0 radical (unpaired) electrons. The van der Waals surface area contributed by atoms with Crippen molar-refractivity contribution in [3.63, 3.8) is 0 Å². The van der Waals surface area contributed by atoms with Gasteiger partial charge >= 0.3 is 18.2 Å². The van der Waals surface area contributed by atoms with Crippen LogP contribution in [0.25, 0.3) is 0 Å². The molecule has 4 aliphatic rings. The molecule has 7 aromatic heterocycles. The van der Waals surface area contributed by atoms with Crippen LogP contribution in [0.1, 0.15) is 135 Å². The second kappa shape index (κ2) is 50.0. The summed E-state index contributed by atoms with van der Waals surface area (Å²) in [5.74, 6) is 6.63. The molecule has 127 heavy (non-hydrogen) atoms. The summed E-state index contributed by atoms with van der Waals surface area (Å²) in [5.41, 5.74) is 13.4. The van der Waals surface area contributed by atoms with E-state index in [4.69, 9.17) is 78.7 Å². The van der Waals surface area contributed by atoms with Gasteiger partial charge in [-0.05, 0) is 240 Å². The van der Waals surface area contributed by atoms with Gasteiger partial charge in [0.25, 0.3) is 5.91 Å². The monoisotopic (exact) mass is 1780 g/mol. The zero-order chi connectivity index (χ0) is 90.6. The molecule has 4 aliphatic heterocycles. The number of aromatic hydroxyl groups is 1. The highest BCUT2D eigenvalue weighted by molar-refractivity contribution is 6.16. The van der Waals surface area contributed by atoms with Crippen molar-refractivity contribution in [3.8, 4) is 63.5 Å². The molecule has 11 aromatic rings. The lowest BCUT2D eigenvalue weighted by molar-refractivity contribution is 0.0213. The van der Waals surface area contributed by atoms with Crippen molar-refractivity contribution >= 4 is 48.1 Å². The summed E-state index contributed by atoms with van der Waals surface area (Å²) in [6.07, 6.45) is 14.0. The first-order valence-corrected chi connectivity index (χ1v) is 41.1. The summed E-state index contributed by atoms with van der Waals surface area (Å²) in [7, 11) is 11.1. The van der Waals surface area contributed by atoms with E-state index in [2.05, 4.69) is 64.5 Å². The average Bonchev–Trinajstić information content (AvgIpc) is 0.825. The fraction of sp³-hybridized carbons (Fsp3) is 0.337. The Morgan fingerprint density at radius 2 is 0.732 bits per heavy atom. The zero-order valence-corrected chi connectivity index (χ0v) is 75.3. The van der Waals surface area contributed by atoms with Crippen molar-refractivity contribution < 1.29 is 91.3 Å². The largest absolute Gasteiger partial charge is 0.508 e. The Kier molecular flexibility index (Phi) is 39.0. The molecule has 32 heteroatoms. The van der Waals surface area contributed by atoms with Crippen molar-refractivity contribution in [2.45, 2.75) is 137 Å². The van der Waals surface area contributed by atoms with Crippen molar-refractivity contribution in [2.75, 3.05) is 75.9 Å². The number of rotatable bonds is 20. The Bertz CT molecular complexity index is 5160. The molecule has 4 N–H and O–H groups in total. The lowest BCUT2D eigenvalue weighted by atomic mass is 9.99. The number of aliphatic hydroxyl groups excluding tert-OH is 1. The van der Waals surface area contributed by atoms with Crippen LogP contribution in [0, 0.1) is 0 Å². The molecular formula is C95H111Cl2N11O19. The highest BCUT2D eigenvalue weighted by Gasteiger charge is 2.29. The first kappa shape index (κ1) is 99.1. The molecule has 0 aliphatic carbocycles. The summed E-state index contributed by atoms with van der Waals surface area (Å²) in [6.45, 7) is 17.9. The Balaban J connectivity index is 0.000000190. The summed E-state index contributed by atoms with van der Waals surface area (Å²) in [5, 5.41) is 29.9. The number of aromatic nitrogens is 7. The highest BCUT2D eigenvalue weighted by Crippen LogP contribution is 2.31. The molecule has 0 unspecified atom stereocenters. The van der Waals surface area contributed by atoms with Gasteiger partial charge in [-0.3, -0.25) is 29.7 Å². The number of halogens is 2. The third-order valence-corrected chi connectivity index (χ3v) is 19.5. The molecule has 3 amide bonds. The summed E-state index contributed by atoms with van der Waals surface area (Å²) >= 11 is 5.52. The van der Waals surface area contributed by atoms with Gasteiger partial charge in [-0.15, -0.1) is 24.0 Å². The normalized spacial score (nSPS) is 12.5. The minimum Gasteiger partial charge on any atom is -0.508 e. The number of methoxy groups -OCH3 is 7. The number of carbonyl (C=O) groups is 4. The molecule has 0 fully saturated rings. The Hall–Kier alpha value is -13.3. The van der Waals surface area contributed by atoms with Gasteiger partial charge in [0.1, 0.15) is 82.8 Å². The number of amides is 3. The number of nitrogens with one attached hydrogen (secondary N) is 1. The number of aromatic carboxylic acids is 1. The maximum atomic E-state index is 12.9. The number of carboxylic acids is 1. The van der Waals surface area contributed by atoms with Crippen molar-refractivity contribution in [1.82, 2.24) is 54.9 Å². The smallest absolute Gasteiger partial charge is 0.410 e. The van der Waals surface area contributed by atoms with E-state index in [1.807, 2.05) is 131 Å². The number of benzene rings is 4. The number of carboxylic acid groups (broad SMARTS) is 1. The van der Waals surface area contributed by atoms with Crippen LogP contribution >= 0.6 is 24.0 Å². The number of carbonyl (C=O) groups excluding carboxylic acids is 3. The number of hydrogen-bond donors (Lipinski definition) is 4. The van der Waals surface area contributed by atoms with Crippen LogP contribution in [-0.4, -0.2) is 176 Å². The maximum absolute atomic E-state index is 12.9. The van der Waals surface area contributed by atoms with Gasteiger partial charge in [0, 0.05) is 70.3 Å². The van der Waals surface area contributed by atoms with Gasteiger partial charge in [-0.2, -0.15) is 0 Å². The third kappa shape index (κ3) is 32.6. The summed E-state index contributed by atoms with van der Waals surface area (Å²) < 4.78 is 63.3. The number of phenols is 1. The molecule has 0 saturated heterocycles. The molecule has 0 atom stereocenters. The van der Waals surface area contributed by atoms with Crippen LogP contribution in [0.15, 0.2) is 201 Å². The summed E-state index contributed by atoms with van der Waals surface area (Å²) in [4.78, 5) is 81.4. The van der Waals surface area contributed by atoms with Crippen LogP contribution in [0.5, 0.6) is 63.5 Å². The van der Waals surface area contributed by atoms with Crippen LogP contribution in [-0.2, 0) is 93.6 Å². The molecule has 30 nitrogen and oxygen atoms in total. The van der Waals surface area contributed by atoms with Gasteiger partial charge < -0.3 is 92.2 Å². The molecule has 674 valence electrons. The standard InChI is InChI=1S/C23H23N3O4.C21H26N2O4.C16H18N2O2.C14H19NO3.C7H8ClNO.C7H7NO3.C7H9NO2.ClH/c1-28-21-7-5-19(24-13-21)15-30-20-6-3-16-9-10-26(14-18(16)11-20)23(27)17-4-8-22(29-2)25-12-17;1-21(2,3)27-20(24)23-10-9-15-5-7-18(11-16(15)13-23)26-14-17-6-8-19(25-4)12-22-17;1-19-16-5-3-14(18-10-16)11-20-15-4-2-12-6-7-17-9-13(12)8-15;1-14(2,3)18-13(17)15-7-6-10-4-5-12(16)8-11(10)9-15;1-10-7-3-2-6(4-8)9-5-7;1-11-6-3-2-5(4-8-6)7(9)10;1-10-7-3-2-6(5-9)8-4-7;/h3-8,11-13H,9-10,14-15H2,1-2H3;5-8,11-12H,9-10,13-14H2,1-4H3;2-5,8,10,17H,6-7,9,11H2,1H3;4-5,8,16H,6-7,9H2,1-3H3;2-3,5H,4H2,1H3;2-4H,1H3,(H,9,10);2-4,9H,5H2,1H3;1H. The van der Waals surface area contributed by atoms with E-state index >= 15 is 0 Å². The van der Waals surface area contributed by atoms with Crippen LogP contribution < -0.4 is 52.7 Å². The minimum atomic E-state index is -0.986. The molecule has 11 heterocycles.